The predicted molar refractivity (Wildman–Crippen MR) is 97.9 cm³/mol. The van der Waals surface area contributed by atoms with Crippen molar-refractivity contribution in [1.82, 2.24) is 15.5 Å². The van der Waals surface area contributed by atoms with Crippen molar-refractivity contribution in [1.29, 1.82) is 0 Å². The van der Waals surface area contributed by atoms with Gasteiger partial charge in [-0.25, -0.2) is 0 Å². The Bertz CT molecular complexity index is 575. The minimum Gasteiger partial charge on any atom is -0.396 e. The van der Waals surface area contributed by atoms with Gasteiger partial charge in [0.25, 0.3) is 0 Å². The number of rotatable bonds is 7. The van der Waals surface area contributed by atoms with Gasteiger partial charge in [-0.3, -0.25) is 14.4 Å². The van der Waals surface area contributed by atoms with Gasteiger partial charge in [0.15, 0.2) is 0 Å². The van der Waals surface area contributed by atoms with Gasteiger partial charge >= 0.3 is 0 Å². The molecule has 0 radical (unpaired) electrons. The molecule has 3 N–H and O–H groups in total. The van der Waals surface area contributed by atoms with Crippen LogP contribution in [0.2, 0.25) is 0 Å². The molecular formula is C19H31N3O4. The fourth-order valence-corrected chi connectivity index (χ4v) is 4.16. The fraction of sp³-hybridized carbons (Fsp3) is 0.737. The number of carbonyl (C=O) groups excluding carboxylic acids is 3. The highest BCUT2D eigenvalue weighted by atomic mass is 16.3. The van der Waals surface area contributed by atoms with Crippen molar-refractivity contribution in [3.63, 3.8) is 0 Å². The molecule has 1 aliphatic heterocycles. The first-order valence-electron chi connectivity index (χ1n) is 9.45. The second kappa shape index (κ2) is 8.66. The van der Waals surface area contributed by atoms with Gasteiger partial charge in [-0.15, -0.1) is 0 Å². The van der Waals surface area contributed by atoms with Crippen molar-refractivity contribution in [3.05, 3.63) is 12.2 Å². The summed E-state index contributed by atoms with van der Waals surface area (Å²) < 4.78 is 0. The van der Waals surface area contributed by atoms with Crippen LogP contribution < -0.4 is 10.6 Å². The van der Waals surface area contributed by atoms with Gasteiger partial charge in [-0.1, -0.05) is 19.1 Å². The zero-order chi connectivity index (χ0) is 19.4. The normalized spacial score (nSPS) is 30.5. The van der Waals surface area contributed by atoms with E-state index < -0.39 is 17.9 Å². The lowest BCUT2D eigenvalue weighted by molar-refractivity contribution is -0.140. The molecule has 1 fully saturated rings. The number of fused-ring (bicyclic) bond motifs is 1. The lowest BCUT2D eigenvalue weighted by atomic mass is 9.70. The molecule has 0 aromatic carbocycles. The Morgan fingerprint density at radius 2 is 1.92 bits per heavy atom. The van der Waals surface area contributed by atoms with Crippen molar-refractivity contribution in [2.75, 3.05) is 20.2 Å². The molecule has 7 heteroatoms. The average molecular weight is 365 g/mol. The van der Waals surface area contributed by atoms with Gasteiger partial charge in [0.1, 0.15) is 6.04 Å². The van der Waals surface area contributed by atoms with Crippen LogP contribution in [-0.2, 0) is 14.4 Å². The molecule has 1 heterocycles. The van der Waals surface area contributed by atoms with Crippen molar-refractivity contribution in [2.24, 2.45) is 23.7 Å². The molecule has 0 unspecified atom stereocenters. The number of hydrogen-bond acceptors (Lipinski definition) is 4. The predicted octanol–water partition coefficient (Wildman–Crippen LogP) is 0.295. The molecule has 7 nitrogen and oxygen atoms in total. The summed E-state index contributed by atoms with van der Waals surface area (Å²) in [5, 5.41) is 14.6. The Kier molecular flexibility index (Phi) is 6.81. The molecule has 146 valence electrons. The molecule has 2 rings (SSSR count). The van der Waals surface area contributed by atoms with Gasteiger partial charge in [0.05, 0.1) is 11.8 Å². The minimum absolute atomic E-state index is 0.0304. The third-order valence-electron chi connectivity index (χ3n) is 5.33. The maximum Gasteiger partial charge on any atom is 0.243 e. The Hall–Kier alpha value is -1.89. The second-order valence-electron chi connectivity index (χ2n) is 7.56. The molecule has 1 aliphatic carbocycles. The van der Waals surface area contributed by atoms with E-state index in [1.165, 1.54) is 0 Å². The topological polar surface area (TPSA) is 98.7 Å². The lowest BCUT2D eigenvalue weighted by Gasteiger charge is -2.32. The van der Waals surface area contributed by atoms with E-state index in [2.05, 4.69) is 10.6 Å². The van der Waals surface area contributed by atoms with Gasteiger partial charge in [0, 0.05) is 32.2 Å². The molecule has 0 bridgehead atoms. The van der Waals surface area contributed by atoms with Crippen LogP contribution in [0.5, 0.6) is 0 Å². The number of nitrogens with one attached hydrogen (secondary N) is 2. The van der Waals surface area contributed by atoms with Crippen LogP contribution in [-0.4, -0.2) is 60.0 Å². The molecule has 26 heavy (non-hydrogen) atoms. The molecule has 0 aromatic heterocycles. The van der Waals surface area contributed by atoms with E-state index in [1.807, 2.05) is 32.9 Å². The van der Waals surface area contributed by atoms with Gasteiger partial charge < -0.3 is 20.6 Å². The number of nitrogens with zero attached hydrogens (tertiary/aromatic N) is 1. The van der Waals surface area contributed by atoms with Crippen LogP contribution in [0.1, 0.15) is 33.6 Å². The average Bonchev–Trinajstić information content (AvgIpc) is 2.86. The third kappa shape index (κ3) is 3.92. The van der Waals surface area contributed by atoms with Crippen LogP contribution >= 0.6 is 0 Å². The van der Waals surface area contributed by atoms with E-state index in [9.17, 15) is 14.4 Å². The molecule has 1 saturated heterocycles. The lowest BCUT2D eigenvalue weighted by Crippen LogP contribution is -2.49. The molecule has 3 amide bonds. The van der Waals surface area contributed by atoms with Crippen LogP contribution in [0.4, 0.5) is 0 Å². The SMILES string of the molecule is CNC(=O)[C@H]1[C@H]2C(=O)N(CCCCO)[C@H](C(=O)NC(C)C)[C@H]2C=C[C@H]1C. The first-order valence-corrected chi connectivity index (χ1v) is 9.45. The molecule has 0 aromatic rings. The summed E-state index contributed by atoms with van der Waals surface area (Å²) in [5.74, 6) is -1.85. The van der Waals surface area contributed by atoms with Crippen molar-refractivity contribution in [3.8, 4) is 0 Å². The smallest absolute Gasteiger partial charge is 0.243 e. The Morgan fingerprint density at radius 3 is 2.50 bits per heavy atom. The monoisotopic (exact) mass is 365 g/mol. The zero-order valence-corrected chi connectivity index (χ0v) is 16.1. The summed E-state index contributed by atoms with van der Waals surface area (Å²) in [6.45, 7) is 6.15. The highest BCUT2D eigenvalue weighted by molar-refractivity contribution is 5.96. The first kappa shape index (κ1) is 20.4. The van der Waals surface area contributed by atoms with Crippen LogP contribution in [0, 0.1) is 23.7 Å². The van der Waals surface area contributed by atoms with E-state index in [1.54, 1.807) is 11.9 Å². The van der Waals surface area contributed by atoms with Crippen molar-refractivity contribution >= 4 is 17.7 Å². The molecule has 2 aliphatic rings. The van der Waals surface area contributed by atoms with Gasteiger partial charge in [-0.05, 0) is 32.6 Å². The molecule has 0 spiro atoms. The van der Waals surface area contributed by atoms with Crippen molar-refractivity contribution < 1.29 is 19.5 Å². The van der Waals surface area contributed by atoms with Crippen molar-refractivity contribution in [2.45, 2.75) is 45.7 Å². The minimum atomic E-state index is -0.607. The zero-order valence-electron chi connectivity index (χ0n) is 16.1. The number of allylic oxidation sites excluding steroid dienone is 1. The van der Waals surface area contributed by atoms with E-state index >= 15 is 0 Å². The summed E-state index contributed by atoms with van der Waals surface area (Å²) in [4.78, 5) is 40.1. The van der Waals surface area contributed by atoms with Crippen LogP contribution in [0.15, 0.2) is 12.2 Å². The number of amides is 3. The highest BCUT2D eigenvalue weighted by Gasteiger charge is 2.56. The standard InChI is InChI=1S/C19H31N3O4/c1-11(2)21-18(25)16-13-8-7-12(3)14(17(24)20-4)15(13)19(26)22(16)9-5-6-10-23/h7-8,11-16,23H,5-6,9-10H2,1-4H3,(H,20,24)(H,21,25)/t12-,13+,14-,15+,16+/m1/s1. The Morgan fingerprint density at radius 1 is 1.23 bits per heavy atom. The quantitative estimate of drug-likeness (QED) is 0.446. The largest absolute Gasteiger partial charge is 0.396 e. The molecular weight excluding hydrogens is 334 g/mol. The molecule has 0 saturated carbocycles. The van der Waals surface area contributed by atoms with E-state index in [0.717, 1.165) is 0 Å². The highest BCUT2D eigenvalue weighted by Crippen LogP contribution is 2.43. The van der Waals surface area contributed by atoms with Gasteiger partial charge in [-0.2, -0.15) is 0 Å². The van der Waals surface area contributed by atoms with E-state index in [4.69, 9.17) is 5.11 Å². The number of hydrogen-bond donors (Lipinski definition) is 3. The third-order valence-corrected chi connectivity index (χ3v) is 5.33. The maximum absolute atomic E-state index is 13.2. The number of unbranched alkanes of at least 4 members (excludes halogenated alkanes) is 1. The van der Waals surface area contributed by atoms with Gasteiger partial charge in [0.2, 0.25) is 17.7 Å². The summed E-state index contributed by atoms with van der Waals surface area (Å²) in [7, 11) is 1.57. The van der Waals surface area contributed by atoms with Crippen LogP contribution in [0.25, 0.3) is 0 Å². The number of aliphatic hydroxyl groups is 1. The van der Waals surface area contributed by atoms with Crippen LogP contribution in [0.3, 0.4) is 0 Å². The van der Waals surface area contributed by atoms with E-state index in [-0.39, 0.29) is 42.2 Å². The fourth-order valence-electron chi connectivity index (χ4n) is 4.16. The number of likely N-dealkylation sites (tertiary alicyclic amines) is 1. The number of aliphatic hydroxyl groups excluding tert-OH is 1. The summed E-state index contributed by atoms with van der Waals surface area (Å²) >= 11 is 0. The summed E-state index contributed by atoms with van der Waals surface area (Å²) in [6, 6.07) is -0.637. The second-order valence-corrected chi connectivity index (χ2v) is 7.56. The van der Waals surface area contributed by atoms with E-state index in [0.29, 0.717) is 19.4 Å². The Labute approximate surface area is 155 Å². The Balaban J connectivity index is 2.36. The number of carbonyl (C=O) groups is 3. The maximum atomic E-state index is 13.2. The summed E-state index contributed by atoms with van der Waals surface area (Å²) in [6.07, 6.45) is 5.07. The first-order chi connectivity index (χ1) is 12.3. The molecule has 5 atom stereocenters. The summed E-state index contributed by atoms with van der Waals surface area (Å²) in [5.41, 5.74) is 0.